The number of hydrogen-bond donors (Lipinski definition) is 17. The maximum absolute atomic E-state index is 14.9. The molecule has 4 heterocycles. The van der Waals surface area contributed by atoms with Gasteiger partial charge >= 0.3 is 12.1 Å². The Balaban J connectivity index is 1.10. The number of nitrogens with two attached hydrogens (primary N) is 1. The average Bonchev–Trinajstić information content (AvgIpc) is 1.21. The van der Waals surface area contributed by atoms with E-state index in [4.69, 9.17) is 34.2 Å². The molecule has 2 aromatic rings. The second-order valence-corrected chi connectivity index (χ2v) is 40.2. The summed E-state index contributed by atoms with van der Waals surface area (Å²) in [5, 5.41) is 29.5. The molecule has 17 N–H and O–H groups in total. The van der Waals surface area contributed by atoms with Crippen molar-refractivity contribution in [1.82, 2.24) is 53.2 Å². The molecule has 4 saturated heterocycles. The zero-order valence-corrected chi connectivity index (χ0v) is 71.8. The highest BCUT2D eigenvalue weighted by molar-refractivity contribution is 8.00. The standard InChI is InChI=1S/C70H111N11O29S8/c71-46-39-47(74-67(86)49(15-5-7-21-72-59(82)19-3-1-17-57-61-51(42-112-57)78-69(88)80-61)76-65(84)44-35-53(105-23-9-29-111)63(109-27-13-33-117(99,100)101)54(36-44)106-24-10-30-114(90,91)92)41-48(40-46)75-68(87)50(16-6-8-22-73-60(83)20-4-2-18-58-62-52(43-113-58)79-70(89)81-62)77-66(85)45-37-55(107-25-11-31-115(93,94)95)64(110-28-14-34-118(102,103)104)56(38-45)108-26-12-32-116(96,97)98/h35-38,46-52,57-58,61-62,111H,1-34,39-43,71H2,(H,72,82)(H,73,83)(H,74,86)(H,75,87)(H,76,84)(H,77,85)(H2,78,80,88)(H2,79,81,89)(H,90,91,92)(H,93,94,95)(H,96,97,98)(H,99,100,101)(H,102,103,104). The van der Waals surface area contributed by atoms with Crippen molar-refractivity contribution < 1.29 is 132 Å². The van der Waals surface area contributed by atoms with E-state index in [0.717, 1.165) is 49.3 Å². The largest absolute Gasteiger partial charge is 0.489 e. The Morgan fingerprint density at radius 2 is 0.780 bits per heavy atom. The number of carbonyl (C=O) groups is 8. The van der Waals surface area contributed by atoms with E-state index in [-0.39, 0.29) is 227 Å². The minimum atomic E-state index is -4.51. The highest BCUT2D eigenvalue weighted by Gasteiger charge is 2.44. The molecule has 11 unspecified atom stereocenters. The smallest absolute Gasteiger partial charge is 0.315 e. The summed E-state index contributed by atoms with van der Waals surface area (Å²) in [5.74, 6) is -6.92. The summed E-state index contributed by atoms with van der Waals surface area (Å²) in [6.45, 7) is -1.71. The van der Waals surface area contributed by atoms with Gasteiger partial charge in [-0.15, -0.1) is 0 Å². The van der Waals surface area contributed by atoms with Crippen LogP contribution in [0.2, 0.25) is 0 Å². The quantitative estimate of drug-likeness (QED) is 0.0195. The van der Waals surface area contributed by atoms with Gasteiger partial charge in [0, 0.05) is 77.2 Å². The molecule has 10 amide bonds. The number of amides is 10. The number of carbonyl (C=O) groups excluding carboxylic acids is 8. The second-order valence-electron chi connectivity index (χ2n) is 29.3. The Morgan fingerprint density at radius 1 is 0.449 bits per heavy atom. The molecule has 0 spiro atoms. The number of nitrogens with one attached hydrogen (secondary N) is 10. The molecule has 0 radical (unpaired) electrons. The Kier molecular flexibility index (Phi) is 40.1. The highest BCUT2D eigenvalue weighted by atomic mass is 32.2. The molecule has 4 aliphatic heterocycles. The van der Waals surface area contributed by atoms with E-state index < -0.39 is 153 Å². The van der Waals surface area contributed by atoms with E-state index >= 15 is 0 Å². The lowest BCUT2D eigenvalue weighted by molar-refractivity contribution is -0.125. The number of urea groups is 2. The third-order valence-corrected chi connectivity index (χ3v) is 26.8. The van der Waals surface area contributed by atoms with E-state index in [1.807, 2.05) is 0 Å². The minimum Gasteiger partial charge on any atom is -0.489 e. The molecule has 0 aromatic heterocycles. The molecule has 1 saturated carbocycles. The predicted octanol–water partition coefficient (Wildman–Crippen LogP) is 2.07. The van der Waals surface area contributed by atoms with Crippen molar-refractivity contribution >= 4 is 134 Å². The van der Waals surface area contributed by atoms with Crippen LogP contribution in [-0.4, -0.2) is 276 Å². The van der Waals surface area contributed by atoms with Crippen LogP contribution in [0.25, 0.3) is 0 Å². The van der Waals surface area contributed by atoms with E-state index in [0.29, 0.717) is 37.9 Å². The van der Waals surface area contributed by atoms with Crippen molar-refractivity contribution in [3.63, 3.8) is 0 Å². The van der Waals surface area contributed by atoms with Crippen LogP contribution in [0.5, 0.6) is 34.5 Å². The van der Waals surface area contributed by atoms with Crippen LogP contribution < -0.4 is 87.3 Å². The lowest BCUT2D eigenvalue weighted by atomic mass is 9.87. The lowest BCUT2D eigenvalue weighted by Crippen LogP contribution is -2.57. The molecule has 40 nitrogen and oxygen atoms in total. The summed E-state index contributed by atoms with van der Waals surface area (Å²) in [4.78, 5) is 109. The van der Waals surface area contributed by atoms with Gasteiger partial charge in [0.15, 0.2) is 23.0 Å². The molecule has 7 rings (SSSR count). The van der Waals surface area contributed by atoms with Gasteiger partial charge in [-0.3, -0.25) is 51.5 Å². The normalized spacial score (nSPS) is 20.9. The topological polar surface area (TPSA) is 610 Å². The van der Waals surface area contributed by atoms with Crippen molar-refractivity contribution in [2.75, 3.05) is 98.8 Å². The van der Waals surface area contributed by atoms with Gasteiger partial charge in [0.25, 0.3) is 62.4 Å². The van der Waals surface area contributed by atoms with Crippen LogP contribution >= 0.6 is 36.2 Å². The summed E-state index contributed by atoms with van der Waals surface area (Å²) >= 11 is 7.79. The van der Waals surface area contributed by atoms with Crippen LogP contribution in [0.1, 0.15) is 168 Å². The molecular weight excluding hydrogens is 1720 g/mol. The summed E-state index contributed by atoms with van der Waals surface area (Å²) < 4.78 is 199. The van der Waals surface area contributed by atoms with Gasteiger partial charge in [0.2, 0.25) is 35.1 Å². The molecule has 5 fully saturated rings. The number of benzene rings is 2. The van der Waals surface area contributed by atoms with Crippen LogP contribution in [0, 0.1) is 0 Å². The first-order chi connectivity index (χ1) is 55.8. The van der Waals surface area contributed by atoms with Gasteiger partial charge in [0.1, 0.15) is 12.1 Å². The van der Waals surface area contributed by atoms with Crippen LogP contribution in [0.4, 0.5) is 9.59 Å². The van der Waals surface area contributed by atoms with Crippen LogP contribution in [-0.2, 0) is 69.8 Å². The van der Waals surface area contributed by atoms with Gasteiger partial charge in [-0.25, -0.2) is 9.59 Å². The van der Waals surface area contributed by atoms with Crippen molar-refractivity contribution in [1.29, 1.82) is 0 Å². The zero-order valence-electron chi connectivity index (χ0n) is 65.2. The Morgan fingerprint density at radius 3 is 1.11 bits per heavy atom. The van der Waals surface area contributed by atoms with Crippen molar-refractivity contribution in [3.05, 3.63) is 35.4 Å². The monoisotopic (exact) mass is 1830 g/mol. The van der Waals surface area contributed by atoms with Crippen LogP contribution in [0.15, 0.2) is 24.3 Å². The first kappa shape index (κ1) is 98.3. The van der Waals surface area contributed by atoms with E-state index in [2.05, 4.69) is 65.8 Å². The van der Waals surface area contributed by atoms with E-state index in [9.17, 15) is 103 Å². The van der Waals surface area contributed by atoms with Crippen molar-refractivity contribution in [3.8, 4) is 34.5 Å². The Bertz CT molecular complexity index is 4250. The van der Waals surface area contributed by atoms with Gasteiger partial charge in [-0.1, -0.05) is 12.8 Å². The number of ether oxygens (including phenoxy) is 6. The maximum Gasteiger partial charge on any atom is 0.315 e. The van der Waals surface area contributed by atoms with Crippen molar-refractivity contribution in [2.24, 2.45) is 5.73 Å². The summed E-state index contributed by atoms with van der Waals surface area (Å²) in [6.07, 6.45) is 4.94. The zero-order chi connectivity index (χ0) is 86.2. The predicted molar refractivity (Wildman–Crippen MR) is 439 cm³/mol. The molecule has 48 heteroatoms. The second kappa shape index (κ2) is 48.1. The molecule has 5 aliphatic rings. The number of unbranched alkanes of at least 4 members (excludes halogenated alkanes) is 4. The SMILES string of the molecule is NC1CC(NC(=O)C(CCCCNC(=O)CCCCC2SCC3NC(=O)NC32)NC(=O)c2cc(OCCCS)c(OCCCS(=O)(=O)O)c(OCCCS(=O)(=O)O)c2)CC(NC(=O)C(CCCCNC(=O)CCCCC2SCC3NC(=O)NC32)NC(=O)c2cc(OCCCS(=O)(=O)O)c(OCCCS(=O)(=O)O)c(OCCCS(=O)(=O)O)c2)C1. The van der Waals surface area contributed by atoms with Crippen molar-refractivity contribution in [2.45, 2.75) is 213 Å². The molecule has 1 aliphatic carbocycles. The fourth-order valence-electron chi connectivity index (χ4n) is 13.8. The number of fused-ring (bicyclic) bond motifs is 2. The maximum atomic E-state index is 14.9. The van der Waals surface area contributed by atoms with Gasteiger partial charge in [-0.05, 0) is 152 Å². The third kappa shape index (κ3) is 36.8. The molecule has 11 atom stereocenters. The highest BCUT2D eigenvalue weighted by Crippen LogP contribution is 2.42. The fourth-order valence-corrected chi connectivity index (χ4v) is 19.5. The number of thiol groups is 1. The summed E-state index contributed by atoms with van der Waals surface area (Å²) in [5.41, 5.74) is 6.23. The van der Waals surface area contributed by atoms with Crippen LogP contribution in [0.3, 0.4) is 0 Å². The summed E-state index contributed by atoms with van der Waals surface area (Å²) in [6, 6.07) is -0.546. The lowest BCUT2D eigenvalue weighted by Gasteiger charge is -2.35. The number of rotatable bonds is 57. The third-order valence-electron chi connectivity index (χ3n) is 19.4. The molecule has 668 valence electrons. The van der Waals surface area contributed by atoms with Gasteiger partial charge in [-0.2, -0.15) is 78.2 Å². The minimum absolute atomic E-state index is 0.000436. The fraction of sp³-hybridized carbons (Fsp3) is 0.714. The molecule has 2 aromatic carbocycles. The first-order valence-electron chi connectivity index (χ1n) is 39.2. The summed E-state index contributed by atoms with van der Waals surface area (Å²) in [7, 11) is -22.4. The molecule has 118 heavy (non-hydrogen) atoms. The molecular formula is C70H111N11O29S8. The first-order valence-corrected chi connectivity index (χ1v) is 49.9. The Labute approximate surface area is 701 Å². The van der Waals surface area contributed by atoms with Gasteiger partial charge in [0.05, 0.1) is 92.6 Å². The number of hydrogen-bond acceptors (Lipinski definition) is 28. The van der Waals surface area contributed by atoms with E-state index in [1.165, 1.54) is 12.1 Å². The van der Waals surface area contributed by atoms with Gasteiger partial charge < -0.3 is 87.3 Å². The van der Waals surface area contributed by atoms with E-state index in [1.54, 1.807) is 23.5 Å². The average molecular weight is 1830 g/mol. The number of thioether (sulfide) groups is 2. The Hall–Kier alpha value is -6.84. The molecule has 0 bridgehead atoms.